The van der Waals surface area contributed by atoms with Gasteiger partial charge in [0.2, 0.25) is 5.75 Å². The quantitative estimate of drug-likeness (QED) is 0.733. The molecule has 0 saturated carbocycles. The number of ether oxygens (including phenoxy) is 4. The fourth-order valence-corrected chi connectivity index (χ4v) is 3.21. The Morgan fingerprint density at radius 2 is 1.65 bits per heavy atom. The third-order valence-corrected chi connectivity index (χ3v) is 4.45. The minimum absolute atomic E-state index is 0.218. The van der Waals surface area contributed by atoms with E-state index in [0.717, 1.165) is 55.9 Å². The van der Waals surface area contributed by atoms with Crippen molar-refractivity contribution in [3.63, 3.8) is 0 Å². The Bertz CT molecular complexity index is 475. The fourth-order valence-electron chi connectivity index (χ4n) is 3.21. The van der Waals surface area contributed by atoms with Crippen LogP contribution in [0.2, 0.25) is 0 Å². The molecule has 0 atom stereocenters. The van der Waals surface area contributed by atoms with E-state index in [1.807, 2.05) is 12.1 Å². The van der Waals surface area contributed by atoms with Crippen LogP contribution in [0.1, 0.15) is 12.0 Å². The molecule has 1 heterocycles. The normalized spacial score (nSPS) is 16.9. The summed E-state index contributed by atoms with van der Waals surface area (Å²) < 4.78 is 22.7. The Morgan fingerprint density at radius 3 is 2.13 bits per heavy atom. The van der Waals surface area contributed by atoms with Gasteiger partial charge in [-0.25, -0.2) is 0 Å². The van der Waals surface area contributed by atoms with E-state index in [2.05, 4.69) is 0 Å². The van der Waals surface area contributed by atoms with E-state index in [4.69, 9.17) is 18.9 Å². The zero-order chi connectivity index (χ0) is 16.7. The Hall–Kier alpha value is -1.50. The van der Waals surface area contributed by atoms with E-state index in [-0.39, 0.29) is 6.61 Å². The molecule has 6 nitrogen and oxygen atoms in total. The first-order valence-electron chi connectivity index (χ1n) is 8.00. The number of methoxy groups -OCH3 is 3. The number of benzene rings is 1. The number of morpholine rings is 1. The van der Waals surface area contributed by atoms with Gasteiger partial charge in [0.05, 0.1) is 41.1 Å². The molecule has 1 aliphatic heterocycles. The highest BCUT2D eigenvalue weighted by atomic mass is 16.5. The van der Waals surface area contributed by atoms with Gasteiger partial charge in [-0.15, -0.1) is 0 Å². The molecule has 2 rings (SSSR count). The van der Waals surface area contributed by atoms with Gasteiger partial charge in [0.25, 0.3) is 0 Å². The summed E-state index contributed by atoms with van der Waals surface area (Å²) in [5.41, 5.74) is 1.14. The van der Waals surface area contributed by atoms with Crippen molar-refractivity contribution in [2.45, 2.75) is 13.0 Å². The molecule has 0 aliphatic carbocycles. The predicted octanol–water partition coefficient (Wildman–Crippen LogP) is 1.44. The first kappa shape index (κ1) is 17.8. The maximum Gasteiger partial charge on any atom is 0.203 e. The minimum atomic E-state index is 0.218. The summed E-state index contributed by atoms with van der Waals surface area (Å²) in [6.07, 6.45) is 0.796. The van der Waals surface area contributed by atoms with E-state index >= 15 is 0 Å². The second-order valence-electron chi connectivity index (χ2n) is 5.89. The molecule has 0 radical (unpaired) electrons. The lowest BCUT2D eigenvalue weighted by Crippen LogP contribution is -2.55. The van der Waals surface area contributed by atoms with E-state index in [9.17, 15) is 5.11 Å². The Kier molecular flexibility index (Phi) is 6.50. The highest BCUT2D eigenvalue weighted by Crippen LogP contribution is 2.39. The zero-order valence-electron chi connectivity index (χ0n) is 14.3. The van der Waals surface area contributed by atoms with Crippen molar-refractivity contribution in [2.75, 3.05) is 60.8 Å². The van der Waals surface area contributed by atoms with Gasteiger partial charge in [0.1, 0.15) is 19.6 Å². The molecule has 1 N–H and O–H groups in total. The molecule has 1 saturated heterocycles. The van der Waals surface area contributed by atoms with Gasteiger partial charge in [-0.3, -0.25) is 0 Å². The van der Waals surface area contributed by atoms with Crippen molar-refractivity contribution in [1.82, 2.24) is 0 Å². The van der Waals surface area contributed by atoms with Crippen molar-refractivity contribution in [2.24, 2.45) is 0 Å². The second kappa shape index (κ2) is 8.38. The van der Waals surface area contributed by atoms with Crippen LogP contribution in [0, 0.1) is 0 Å². The first-order chi connectivity index (χ1) is 11.2. The topological polar surface area (TPSA) is 57.2 Å². The van der Waals surface area contributed by atoms with Gasteiger partial charge < -0.3 is 28.5 Å². The van der Waals surface area contributed by atoms with Gasteiger partial charge in [-0.05, 0) is 12.1 Å². The molecule has 130 valence electrons. The number of hydrogen-bond acceptors (Lipinski definition) is 5. The van der Waals surface area contributed by atoms with Crippen LogP contribution in [0.3, 0.4) is 0 Å². The van der Waals surface area contributed by atoms with Crippen molar-refractivity contribution in [1.29, 1.82) is 0 Å². The summed E-state index contributed by atoms with van der Waals surface area (Å²) in [5, 5.41) is 9.21. The van der Waals surface area contributed by atoms with E-state index in [1.54, 1.807) is 21.3 Å². The summed E-state index contributed by atoms with van der Waals surface area (Å²) in [6, 6.07) is 4.02. The summed E-state index contributed by atoms with van der Waals surface area (Å²) in [5.74, 6) is 1.97. The molecule has 0 spiro atoms. The van der Waals surface area contributed by atoms with Gasteiger partial charge in [-0.2, -0.15) is 0 Å². The standard InChI is InChI=1S/C17H28NO5/c1-20-15-11-14(12-16(21-2)17(15)22-3)13-18(5-4-8-19)6-9-23-10-7-18/h11-12,19H,4-10,13H2,1-3H3/q+1. The van der Waals surface area contributed by atoms with Crippen molar-refractivity contribution >= 4 is 0 Å². The molecule has 0 bridgehead atoms. The molecular weight excluding hydrogens is 298 g/mol. The summed E-state index contributed by atoms with van der Waals surface area (Å²) in [4.78, 5) is 0. The third-order valence-electron chi connectivity index (χ3n) is 4.45. The molecule has 6 heteroatoms. The third kappa shape index (κ3) is 4.28. The second-order valence-corrected chi connectivity index (χ2v) is 5.89. The fraction of sp³-hybridized carbons (Fsp3) is 0.647. The molecule has 1 aromatic rings. The smallest absolute Gasteiger partial charge is 0.203 e. The highest BCUT2D eigenvalue weighted by molar-refractivity contribution is 5.53. The monoisotopic (exact) mass is 326 g/mol. The van der Waals surface area contributed by atoms with Crippen molar-refractivity contribution in [3.8, 4) is 17.2 Å². The lowest BCUT2D eigenvalue weighted by molar-refractivity contribution is -0.947. The predicted molar refractivity (Wildman–Crippen MR) is 87.2 cm³/mol. The van der Waals surface area contributed by atoms with E-state index in [1.165, 1.54) is 0 Å². The molecule has 1 fully saturated rings. The van der Waals surface area contributed by atoms with Crippen LogP contribution in [0.4, 0.5) is 0 Å². The number of quaternary nitrogens is 1. The Balaban J connectivity index is 2.28. The number of aliphatic hydroxyl groups excluding tert-OH is 1. The Labute approximate surface area is 138 Å². The molecule has 1 aliphatic rings. The minimum Gasteiger partial charge on any atom is -0.493 e. The van der Waals surface area contributed by atoms with Crippen LogP contribution < -0.4 is 14.2 Å². The lowest BCUT2D eigenvalue weighted by atomic mass is 10.1. The molecule has 0 amide bonds. The zero-order valence-corrected chi connectivity index (χ0v) is 14.3. The van der Waals surface area contributed by atoms with E-state index in [0.29, 0.717) is 17.2 Å². The van der Waals surface area contributed by atoms with Crippen LogP contribution >= 0.6 is 0 Å². The lowest BCUT2D eigenvalue weighted by Gasteiger charge is -2.41. The van der Waals surface area contributed by atoms with Crippen LogP contribution in [0.5, 0.6) is 17.2 Å². The van der Waals surface area contributed by atoms with Crippen LogP contribution in [0.15, 0.2) is 12.1 Å². The average Bonchev–Trinajstić information content (AvgIpc) is 2.59. The molecular formula is C17H28NO5+. The molecule has 23 heavy (non-hydrogen) atoms. The Morgan fingerprint density at radius 1 is 1.04 bits per heavy atom. The number of aliphatic hydroxyl groups is 1. The van der Waals surface area contributed by atoms with Gasteiger partial charge in [0, 0.05) is 18.6 Å². The number of hydrogen-bond donors (Lipinski definition) is 1. The largest absolute Gasteiger partial charge is 0.493 e. The summed E-state index contributed by atoms with van der Waals surface area (Å²) in [7, 11) is 4.87. The van der Waals surface area contributed by atoms with Gasteiger partial charge >= 0.3 is 0 Å². The summed E-state index contributed by atoms with van der Waals surface area (Å²) >= 11 is 0. The number of nitrogens with zero attached hydrogens (tertiary/aromatic N) is 1. The average molecular weight is 326 g/mol. The van der Waals surface area contributed by atoms with Gasteiger partial charge in [0.15, 0.2) is 11.5 Å². The molecule has 0 aromatic heterocycles. The van der Waals surface area contributed by atoms with Crippen LogP contribution in [0.25, 0.3) is 0 Å². The first-order valence-corrected chi connectivity index (χ1v) is 8.00. The number of rotatable bonds is 8. The summed E-state index contributed by atoms with van der Waals surface area (Å²) in [6.45, 7) is 5.45. The SMILES string of the molecule is COc1cc(C[N+]2(CCCO)CCOCC2)cc(OC)c1OC. The van der Waals surface area contributed by atoms with Crippen molar-refractivity contribution < 1.29 is 28.5 Å². The highest BCUT2D eigenvalue weighted by Gasteiger charge is 2.31. The molecule has 0 unspecified atom stereocenters. The maximum atomic E-state index is 9.21. The van der Waals surface area contributed by atoms with E-state index < -0.39 is 0 Å². The van der Waals surface area contributed by atoms with Gasteiger partial charge in [-0.1, -0.05) is 0 Å². The maximum absolute atomic E-state index is 9.21. The van der Waals surface area contributed by atoms with Crippen LogP contribution in [-0.2, 0) is 11.3 Å². The van der Waals surface area contributed by atoms with Crippen LogP contribution in [-0.4, -0.2) is 70.4 Å². The molecule has 1 aromatic carbocycles. The van der Waals surface area contributed by atoms with Crippen molar-refractivity contribution in [3.05, 3.63) is 17.7 Å².